The molecule has 1 saturated carbocycles. The summed E-state index contributed by atoms with van der Waals surface area (Å²) in [5.41, 5.74) is 6.50. The number of carboxylic acid groups (broad SMARTS) is 1. The van der Waals surface area contributed by atoms with Crippen LogP contribution in [0.15, 0.2) is 29.3 Å². The molecule has 1 aromatic rings. The predicted octanol–water partition coefficient (Wildman–Crippen LogP) is 4.03. The molecule has 0 radical (unpaired) electrons. The smallest absolute Gasteiger partial charge is 0.487 e. The van der Waals surface area contributed by atoms with Crippen molar-refractivity contribution in [3.8, 4) is 5.75 Å². The third kappa shape index (κ3) is 6.83. The van der Waals surface area contributed by atoms with E-state index >= 15 is 0 Å². The Hall–Kier alpha value is -3.31. The molecule has 1 fully saturated rings. The van der Waals surface area contributed by atoms with Gasteiger partial charge in [0.2, 0.25) is 11.8 Å². The van der Waals surface area contributed by atoms with E-state index in [1.54, 1.807) is 4.90 Å². The highest BCUT2D eigenvalue weighted by Crippen LogP contribution is 2.48. The standard InChI is InChI=1S/C25H36N4O3.C2HF3O2/c1-6-25(7-2)13-20(30)29(23(26)28-25)14-17-15(3)21(17)22(31)27-18-12-24(4,5)32-19-11-9-8-10-16(18)19;3-2(4,5)1(6)7/h8-11,15,17-18,21H,6-7,12-14H2,1-5H3,(H2,26,28)(H,27,31);(H,6,7)/t15?,17?,18-,21?;/m0./s1. The van der Waals surface area contributed by atoms with E-state index in [4.69, 9.17) is 20.4 Å². The Morgan fingerprint density at radius 3 is 2.36 bits per heavy atom. The zero-order valence-corrected chi connectivity index (χ0v) is 22.8. The monoisotopic (exact) mass is 554 g/mol. The van der Waals surface area contributed by atoms with Crippen molar-refractivity contribution < 1.29 is 37.4 Å². The van der Waals surface area contributed by atoms with Gasteiger partial charge in [0.25, 0.3) is 0 Å². The topological polar surface area (TPSA) is 134 Å². The molecule has 2 amide bonds. The summed E-state index contributed by atoms with van der Waals surface area (Å²) in [4.78, 5) is 41.2. The number of carbonyl (C=O) groups is 3. The summed E-state index contributed by atoms with van der Waals surface area (Å²) in [5, 5.41) is 10.4. The number of ether oxygens (including phenoxy) is 1. The van der Waals surface area contributed by atoms with Crippen LogP contribution in [0.2, 0.25) is 0 Å². The number of rotatable bonds is 6. The molecule has 1 aromatic carbocycles. The third-order valence-electron chi connectivity index (χ3n) is 7.92. The van der Waals surface area contributed by atoms with Crippen LogP contribution in [0.3, 0.4) is 0 Å². The third-order valence-corrected chi connectivity index (χ3v) is 7.92. The number of amides is 2. The van der Waals surface area contributed by atoms with Crippen LogP contribution in [0.5, 0.6) is 5.75 Å². The van der Waals surface area contributed by atoms with E-state index in [0.29, 0.717) is 25.3 Å². The molecule has 216 valence electrons. The minimum atomic E-state index is -5.08. The molecule has 4 N–H and O–H groups in total. The molecular weight excluding hydrogens is 517 g/mol. The minimum absolute atomic E-state index is 0.0135. The SMILES string of the molecule is CCC1(CC)CC(=O)N(CC2C(C)C2C(=O)N[C@H]2CC(C)(C)Oc3ccccc32)C(N)=N1.O=C(O)C(F)(F)F. The van der Waals surface area contributed by atoms with E-state index in [1.165, 1.54) is 0 Å². The number of halogens is 3. The quantitative estimate of drug-likeness (QED) is 0.486. The van der Waals surface area contributed by atoms with Crippen LogP contribution in [0, 0.1) is 17.8 Å². The average molecular weight is 555 g/mol. The zero-order chi connectivity index (χ0) is 29.3. The molecule has 2 aliphatic heterocycles. The maximum absolute atomic E-state index is 13.2. The fraction of sp³-hybridized carbons (Fsp3) is 0.630. The van der Waals surface area contributed by atoms with E-state index in [-0.39, 0.29) is 46.7 Å². The van der Waals surface area contributed by atoms with E-state index in [0.717, 1.165) is 24.2 Å². The highest BCUT2D eigenvalue weighted by atomic mass is 19.4. The van der Waals surface area contributed by atoms with Gasteiger partial charge < -0.3 is 20.9 Å². The summed E-state index contributed by atoms with van der Waals surface area (Å²) in [6.07, 6.45) is -2.41. The van der Waals surface area contributed by atoms with Gasteiger partial charge in [-0.15, -0.1) is 0 Å². The lowest BCUT2D eigenvalue weighted by Gasteiger charge is -2.38. The van der Waals surface area contributed by atoms with Gasteiger partial charge in [0, 0.05) is 24.4 Å². The largest absolute Gasteiger partial charge is 0.490 e. The fourth-order valence-corrected chi connectivity index (χ4v) is 5.37. The first-order valence-electron chi connectivity index (χ1n) is 13.1. The summed E-state index contributed by atoms with van der Waals surface area (Å²) >= 11 is 0. The number of benzene rings is 1. The lowest BCUT2D eigenvalue weighted by Crippen LogP contribution is -2.52. The van der Waals surface area contributed by atoms with Gasteiger partial charge in [0.05, 0.1) is 18.0 Å². The Balaban J connectivity index is 0.000000532. The van der Waals surface area contributed by atoms with Gasteiger partial charge >= 0.3 is 12.1 Å². The van der Waals surface area contributed by atoms with Crippen LogP contribution >= 0.6 is 0 Å². The van der Waals surface area contributed by atoms with Crippen LogP contribution in [-0.2, 0) is 14.4 Å². The van der Waals surface area contributed by atoms with Gasteiger partial charge in [-0.3, -0.25) is 14.5 Å². The van der Waals surface area contributed by atoms with Crippen molar-refractivity contribution in [3.05, 3.63) is 29.8 Å². The van der Waals surface area contributed by atoms with Crippen molar-refractivity contribution in [2.45, 2.75) is 83.7 Å². The predicted molar refractivity (Wildman–Crippen MR) is 138 cm³/mol. The van der Waals surface area contributed by atoms with Gasteiger partial charge in [-0.25, -0.2) is 9.79 Å². The zero-order valence-electron chi connectivity index (χ0n) is 22.8. The van der Waals surface area contributed by atoms with E-state index < -0.39 is 12.1 Å². The van der Waals surface area contributed by atoms with Crippen molar-refractivity contribution in [3.63, 3.8) is 0 Å². The molecule has 3 aliphatic rings. The van der Waals surface area contributed by atoms with Gasteiger partial charge in [0.1, 0.15) is 11.4 Å². The lowest BCUT2D eigenvalue weighted by molar-refractivity contribution is -0.192. The Morgan fingerprint density at radius 1 is 1.23 bits per heavy atom. The number of aliphatic imine (C=N–C) groups is 1. The van der Waals surface area contributed by atoms with Crippen molar-refractivity contribution in [1.29, 1.82) is 0 Å². The lowest BCUT2D eigenvalue weighted by atomic mass is 9.88. The van der Waals surface area contributed by atoms with Crippen LogP contribution in [0.25, 0.3) is 0 Å². The summed E-state index contributed by atoms with van der Waals surface area (Å²) < 4.78 is 37.8. The maximum atomic E-state index is 13.2. The Bertz CT molecular complexity index is 1130. The number of aliphatic carboxylic acids is 1. The minimum Gasteiger partial charge on any atom is -0.487 e. The number of carbonyl (C=O) groups excluding carboxylic acids is 2. The highest BCUT2D eigenvalue weighted by molar-refractivity contribution is 5.99. The van der Waals surface area contributed by atoms with Crippen molar-refractivity contribution in [1.82, 2.24) is 10.2 Å². The number of fused-ring (bicyclic) bond motifs is 1. The molecule has 39 heavy (non-hydrogen) atoms. The molecule has 4 atom stereocenters. The summed E-state index contributed by atoms with van der Waals surface area (Å²) in [7, 11) is 0. The Morgan fingerprint density at radius 2 is 1.82 bits per heavy atom. The number of para-hydroxylation sites is 1. The second-order valence-corrected chi connectivity index (χ2v) is 11.1. The van der Waals surface area contributed by atoms with Crippen LogP contribution in [0.1, 0.15) is 71.9 Å². The maximum Gasteiger partial charge on any atom is 0.490 e. The Kier molecular flexibility index (Phi) is 8.57. The molecule has 0 aromatic heterocycles. The molecule has 1 aliphatic carbocycles. The Labute approximate surface area is 226 Å². The number of carboxylic acids is 1. The summed E-state index contributed by atoms with van der Waals surface area (Å²) in [5.74, 6) is -1.42. The van der Waals surface area contributed by atoms with Gasteiger partial charge in [0.15, 0.2) is 5.96 Å². The first kappa shape index (κ1) is 30.2. The second-order valence-electron chi connectivity index (χ2n) is 11.1. The normalized spacial score (nSPS) is 26.7. The molecule has 0 spiro atoms. The molecule has 12 heteroatoms. The van der Waals surface area contributed by atoms with Gasteiger partial charge in [-0.05, 0) is 44.6 Å². The highest BCUT2D eigenvalue weighted by Gasteiger charge is 2.54. The van der Waals surface area contributed by atoms with E-state index in [9.17, 15) is 22.8 Å². The van der Waals surface area contributed by atoms with E-state index in [1.807, 2.05) is 52.0 Å². The number of alkyl halides is 3. The molecule has 0 bridgehead atoms. The molecule has 2 heterocycles. The number of nitrogens with two attached hydrogens (primary N) is 1. The van der Waals surface area contributed by atoms with Gasteiger partial charge in [-0.1, -0.05) is 39.0 Å². The molecule has 3 unspecified atom stereocenters. The van der Waals surface area contributed by atoms with Crippen molar-refractivity contribution in [2.24, 2.45) is 28.5 Å². The molecular formula is C27H37F3N4O5. The average Bonchev–Trinajstić information content (AvgIpc) is 3.49. The van der Waals surface area contributed by atoms with Crippen LogP contribution < -0.4 is 15.8 Å². The van der Waals surface area contributed by atoms with Crippen LogP contribution in [-0.4, -0.2) is 57.6 Å². The van der Waals surface area contributed by atoms with E-state index in [2.05, 4.69) is 17.2 Å². The van der Waals surface area contributed by atoms with Crippen molar-refractivity contribution in [2.75, 3.05) is 6.54 Å². The number of hydrogen-bond donors (Lipinski definition) is 3. The first-order chi connectivity index (χ1) is 18.0. The number of nitrogens with one attached hydrogen (secondary N) is 1. The van der Waals surface area contributed by atoms with Crippen molar-refractivity contribution >= 4 is 23.7 Å². The summed E-state index contributed by atoms with van der Waals surface area (Å²) in [6.45, 7) is 10.7. The number of guanidine groups is 1. The second kappa shape index (κ2) is 11.1. The number of nitrogens with zero attached hydrogens (tertiary/aromatic N) is 2. The number of hydrogen-bond acceptors (Lipinski definition) is 6. The summed E-state index contributed by atoms with van der Waals surface area (Å²) in [6, 6.07) is 7.80. The first-order valence-corrected chi connectivity index (χ1v) is 13.1. The molecule has 9 nitrogen and oxygen atoms in total. The van der Waals surface area contributed by atoms with Gasteiger partial charge in [-0.2, -0.15) is 13.2 Å². The van der Waals surface area contributed by atoms with Crippen LogP contribution in [0.4, 0.5) is 13.2 Å². The molecule has 0 saturated heterocycles. The molecule has 4 rings (SSSR count). The fourth-order valence-electron chi connectivity index (χ4n) is 5.37.